The molecule has 48 valence electrons. The van der Waals surface area contributed by atoms with Crippen LogP contribution in [0.15, 0.2) is 16.7 Å². The molecule has 9 heavy (non-hydrogen) atoms. The minimum absolute atomic E-state index is 0.101. The summed E-state index contributed by atoms with van der Waals surface area (Å²) < 4.78 is 26.8. The van der Waals surface area contributed by atoms with Gasteiger partial charge in [-0.1, -0.05) is 11.6 Å². The maximum absolute atomic E-state index is 12.5. The van der Waals surface area contributed by atoms with Crippen LogP contribution in [0, 0.1) is 5.95 Å². The highest BCUT2D eigenvalue weighted by atomic mass is 79.9. The summed E-state index contributed by atoms with van der Waals surface area (Å²) in [5.74, 6) is -0.982. The summed E-state index contributed by atoms with van der Waals surface area (Å²) in [6.45, 7) is 0. The fourth-order valence-corrected chi connectivity index (χ4v) is 0.861. The van der Waals surface area contributed by atoms with Crippen molar-refractivity contribution in [1.29, 1.82) is 0 Å². The third kappa shape index (κ3) is 1.63. The van der Waals surface area contributed by atoms with Crippen LogP contribution in [0.1, 0.15) is 2.74 Å². The van der Waals surface area contributed by atoms with Crippen molar-refractivity contribution >= 4 is 27.5 Å². The summed E-state index contributed by atoms with van der Waals surface area (Å²) in [4.78, 5) is 3.13. The molecule has 0 bridgehead atoms. The topological polar surface area (TPSA) is 12.9 Å². The predicted molar refractivity (Wildman–Crippen MR) is 36.9 cm³/mol. The van der Waals surface area contributed by atoms with Crippen molar-refractivity contribution in [2.75, 3.05) is 0 Å². The third-order valence-electron chi connectivity index (χ3n) is 0.653. The average molecular weight is 212 g/mol. The lowest BCUT2D eigenvalue weighted by Crippen LogP contribution is -1.81. The van der Waals surface area contributed by atoms with E-state index in [1.807, 2.05) is 0 Å². The Morgan fingerprint density at radius 3 is 3.22 bits per heavy atom. The maximum atomic E-state index is 12.5. The van der Waals surface area contributed by atoms with Crippen LogP contribution in [0.2, 0.25) is 5.02 Å². The molecule has 0 amide bonds. The zero-order valence-corrected chi connectivity index (χ0v) is 6.42. The van der Waals surface area contributed by atoms with E-state index in [-0.39, 0.29) is 21.7 Å². The molecule has 0 aliphatic rings. The van der Waals surface area contributed by atoms with Gasteiger partial charge in [-0.3, -0.25) is 0 Å². The first kappa shape index (κ1) is 4.63. The van der Waals surface area contributed by atoms with Gasteiger partial charge in [0.25, 0.3) is 0 Å². The van der Waals surface area contributed by atoms with E-state index < -0.39 is 5.95 Å². The van der Waals surface area contributed by atoms with E-state index in [0.717, 1.165) is 0 Å². The van der Waals surface area contributed by atoms with Gasteiger partial charge in [-0.15, -0.1) is 0 Å². The standard InChI is InChI=1S/C5H2BrClFN/c6-3-1-4(7)5(8)9-2-3/h1-2H/i1D,2D. The van der Waals surface area contributed by atoms with Gasteiger partial charge in [-0.05, 0) is 22.0 Å². The number of rotatable bonds is 0. The van der Waals surface area contributed by atoms with Crippen LogP contribution in [0.25, 0.3) is 0 Å². The van der Waals surface area contributed by atoms with Crippen molar-refractivity contribution in [3.8, 4) is 0 Å². The Kier molecular flexibility index (Phi) is 1.35. The second kappa shape index (κ2) is 2.62. The molecule has 4 heteroatoms. The molecule has 0 N–H and O–H groups in total. The first-order valence-corrected chi connectivity index (χ1v) is 3.19. The first-order chi connectivity index (χ1) is 5.04. The fraction of sp³-hybridized carbons (Fsp3) is 0. The molecular formula is C5H2BrClFN. The van der Waals surface area contributed by atoms with Crippen molar-refractivity contribution in [3.05, 3.63) is 27.7 Å². The lowest BCUT2D eigenvalue weighted by molar-refractivity contribution is 0.583. The molecule has 0 aromatic carbocycles. The van der Waals surface area contributed by atoms with Crippen LogP contribution in [0.5, 0.6) is 0 Å². The van der Waals surface area contributed by atoms with E-state index in [2.05, 4.69) is 20.9 Å². The molecule has 1 aromatic heterocycles. The van der Waals surface area contributed by atoms with Crippen LogP contribution in [-0.2, 0) is 0 Å². The smallest absolute Gasteiger partial charge is 0.226 e. The molecule has 0 radical (unpaired) electrons. The zero-order valence-electron chi connectivity index (χ0n) is 6.08. The van der Waals surface area contributed by atoms with Gasteiger partial charge >= 0.3 is 0 Å². The molecule has 0 saturated carbocycles. The Balaban J connectivity index is 3.46. The number of hydrogen-bond donors (Lipinski definition) is 0. The molecule has 1 nitrogen and oxygen atoms in total. The molecule has 0 unspecified atom stereocenters. The van der Waals surface area contributed by atoms with Gasteiger partial charge in [0.1, 0.15) is 0 Å². The van der Waals surface area contributed by atoms with Crippen molar-refractivity contribution in [3.63, 3.8) is 0 Å². The van der Waals surface area contributed by atoms with Gasteiger partial charge in [-0.2, -0.15) is 4.39 Å². The quantitative estimate of drug-likeness (QED) is 0.603. The molecule has 0 fully saturated rings. The minimum Gasteiger partial charge on any atom is -0.226 e. The van der Waals surface area contributed by atoms with Gasteiger partial charge in [-0.25, -0.2) is 4.98 Å². The van der Waals surface area contributed by atoms with E-state index in [1.54, 1.807) is 0 Å². The van der Waals surface area contributed by atoms with Crippen LogP contribution < -0.4 is 0 Å². The molecule has 1 aromatic rings. The molecule has 1 heterocycles. The molecule has 0 saturated heterocycles. The minimum atomic E-state index is -0.982. The summed E-state index contributed by atoms with van der Waals surface area (Å²) in [6.07, 6.45) is -0.322. The van der Waals surface area contributed by atoms with Gasteiger partial charge in [0, 0.05) is 10.6 Å². The van der Waals surface area contributed by atoms with Gasteiger partial charge in [0.2, 0.25) is 5.95 Å². The van der Waals surface area contributed by atoms with Crippen molar-refractivity contribution in [2.24, 2.45) is 0 Å². The Bertz CT molecular complexity index is 281. The van der Waals surface area contributed by atoms with E-state index in [9.17, 15) is 4.39 Å². The zero-order chi connectivity index (χ0) is 8.59. The van der Waals surface area contributed by atoms with E-state index in [4.69, 9.17) is 14.3 Å². The highest BCUT2D eigenvalue weighted by molar-refractivity contribution is 9.10. The van der Waals surface area contributed by atoms with Crippen LogP contribution in [0.4, 0.5) is 4.39 Å². The van der Waals surface area contributed by atoms with Crippen LogP contribution >= 0.6 is 27.5 Å². The summed E-state index contributed by atoms with van der Waals surface area (Å²) in [7, 11) is 0. The molecule has 0 atom stereocenters. The monoisotopic (exact) mass is 211 g/mol. The van der Waals surface area contributed by atoms with Crippen molar-refractivity contribution < 1.29 is 7.13 Å². The highest BCUT2D eigenvalue weighted by Gasteiger charge is 1.98. The largest absolute Gasteiger partial charge is 0.231 e. The van der Waals surface area contributed by atoms with Gasteiger partial charge in [0.15, 0.2) is 0 Å². The maximum Gasteiger partial charge on any atom is 0.231 e. The fourth-order valence-electron chi connectivity index (χ4n) is 0.323. The summed E-state index contributed by atoms with van der Waals surface area (Å²) in [6, 6.07) is -0.246. The van der Waals surface area contributed by atoms with Crippen molar-refractivity contribution in [1.82, 2.24) is 4.98 Å². The average Bonchev–Trinajstić information content (AvgIpc) is 1.97. The SMILES string of the molecule is [2H]c1nc(F)c(Cl)c([2H])c1Br. The molecule has 0 aliphatic heterocycles. The van der Waals surface area contributed by atoms with Crippen LogP contribution in [-0.4, -0.2) is 4.98 Å². The second-order valence-corrected chi connectivity index (χ2v) is 2.44. The number of aromatic nitrogens is 1. The predicted octanol–water partition coefficient (Wildman–Crippen LogP) is 2.64. The number of pyridine rings is 1. The Morgan fingerprint density at radius 2 is 2.56 bits per heavy atom. The number of nitrogens with zero attached hydrogens (tertiary/aromatic N) is 1. The molecular weight excluding hydrogens is 208 g/mol. The molecule has 0 spiro atoms. The normalized spacial score (nSPS) is 12.8. The van der Waals surface area contributed by atoms with Gasteiger partial charge in [0.05, 0.1) is 7.76 Å². The second-order valence-electron chi connectivity index (χ2n) is 1.27. The van der Waals surface area contributed by atoms with Gasteiger partial charge < -0.3 is 0 Å². The van der Waals surface area contributed by atoms with E-state index in [0.29, 0.717) is 0 Å². The summed E-state index contributed by atoms with van der Waals surface area (Å²) in [5, 5.41) is -0.368. The number of hydrogen-bond acceptors (Lipinski definition) is 1. The number of halogens is 3. The van der Waals surface area contributed by atoms with Crippen molar-refractivity contribution in [2.45, 2.75) is 0 Å². The first-order valence-electron chi connectivity index (χ1n) is 3.01. The Morgan fingerprint density at radius 1 is 1.89 bits per heavy atom. The lowest BCUT2D eigenvalue weighted by Gasteiger charge is -1.90. The van der Waals surface area contributed by atoms with E-state index in [1.165, 1.54) is 0 Å². The Hall–Kier alpha value is -0.150. The lowest BCUT2D eigenvalue weighted by atomic mass is 10.5. The molecule has 1 rings (SSSR count). The summed E-state index contributed by atoms with van der Waals surface area (Å²) in [5.41, 5.74) is 0. The summed E-state index contributed by atoms with van der Waals surface area (Å²) >= 11 is 8.19. The Labute approximate surface area is 67.8 Å². The molecule has 0 aliphatic carbocycles. The van der Waals surface area contributed by atoms with E-state index >= 15 is 0 Å². The highest BCUT2D eigenvalue weighted by Crippen LogP contribution is 2.16. The third-order valence-corrected chi connectivity index (χ3v) is 1.28. The van der Waals surface area contributed by atoms with Crippen LogP contribution in [0.3, 0.4) is 0 Å².